The van der Waals surface area contributed by atoms with Crippen LogP contribution in [-0.2, 0) is 0 Å². The lowest BCUT2D eigenvalue weighted by Crippen LogP contribution is -2.25. The number of nitrogens with two attached hydrogens (primary N) is 1. The fraction of sp³-hybridized carbons (Fsp3) is 0.333. The average Bonchev–Trinajstić information content (AvgIpc) is 2.09. The second-order valence-electron chi connectivity index (χ2n) is 2.81. The summed E-state index contributed by atoms with van der Waals surface area (Å²) in [6.07, 6.45) is 0. The van der Waals surface area contributed by atoms with Crippen LogP contribution in [0.2, 0.25) is 5.02 Å². The lowest BCUT2D eigenvalue weighted by molar-refractivity contribution is 0.622. The van der Waals surface area contributed by atoms with Crippen LogP contribution in [0.1, 0.15) is 0 Å². The van der Waals surface area contributed by atoms with Crippen molar-refractivity contribution in [2.45, 2.75) is 0 Å². The summed E-state index contributed by atoms with van der Waals surface area (Å²) in [6.45, 7) is 1.10. The fourth-order valence-electron chi connectivity index (χ4n) is 1.09. The summed E-state index contributed by atoms with van der Waals surface area (Å²) in [6, 6.07) is 4.47. The third-order valence-corrected chi connectivity index (χ3v) is 2.02. The van der Waals surface area contributed by atoms with Crippen molar-refractivity contribution in [1.82, 2.24) is 0 Å². The van der Waals surface area contributed by atoms with Crippen LogP contribution in [0.15, 0.2) is 18.2 Å². The van der Waals surface area contributed by atoms with Crippen molar-refractivity contribution in [3.8, 4) is 0 Å². The maximum Gasteiger partial charge on any atom is 0.146 e. The third kappa shape index (κ3) is 2.57. The van der Waals surface area contributed by atoms with Crippen molar-refractivity contribution in [3.63, 3.8) is 0 Å². The van der Waals surface area contributed by atoms with Gasteiger partial charge in [-0.2, -0.15) is 0 Å². The Bertz CT molecular complexity index is 291. The Balaban J connectivity index is 2.91. The number of likely N-dealkylation sites (N-methyl/N-ethyl adjacent to an activating group) is 1. The van der Waals surface area contributed by atoms with Gasteiger partial charge < -0.3 is 10.6 Å². The number of halogens is 2. The number of anilines is 1. The quantitative estimate of drug-likeness (QED) is 0.811. The van der Waals surface area contributed by atoms with Crippen LogP contribution in [0.4, 0.5) is 10.1 Å². The van der Waals surface area contributed by atoms with Crippen molar-refractivity contribution in [1.29, 1.82) is 0 Å². The van der Waals surface area contributed by atoms with Crippen LogP contribution in [0.5, 0.6) is 0 Å². The van der Waals surface area contributed by atoms with Crippen molar-refractivity contribution in [2.75, 3.05) is 25.0 Å². The first-order valence-corrected chi connectivity index (χ1v) is 4.39. The Morgan fingerprint density at radius 2 is 2.23 bits per heavy atom. The van der Waals surface area contributed by atoms with Gasteiger partial charge >= 0.3 is 0 Å². The summed E-state index contributed by atoms with van der Waals surface area (Å²) in [5.74, 6) is -0.277. The Morgan fingerprint density at radius 3 is 2.85 bits per heavy atom. The van der Waals surface area contributed by atoms with Crippen LogP contribution in [0.3, 0.4) is 0 Å². The van der Waals surface area contributed by atoms with E-state index in [9.17, 15) is 4.39 Å². The zero-order chi connectivity index (χ0) is 9.84. The molecule has 0 bridgehead atoms. The van der Waals surface area contributed by atoms with Crippen LogP contribution in [0, 0.1) is 5.82 Å². The van der Waals surface area contributed by atoms with E-state index in [1.807, 2.05) is 0 Å². The van der Waals surface area contributed by atoms with Crippen molar-refractivity contribution >= 4 is 17.3 Å². The number of hydrogen-bond acceptors (Lipinski definition) is 2. The lowest BCUT2D eigenvalue weighted by Gasteiger charge is -2.18. The molecule has 0 aromatic heterocycles. The van der Waals surface area contributed by atoms with Gasteiger partial charge in [-0.1, -0.05) is 11.6 Å². The minimum atomic E-state index is -0.277. The number of nitrogens with zero attached hydrogens (tertiary/aromatic N) is 1. The predicted molar refractivity (Wildman–Crippen MR) is 53.7 cm³/mol. The molecule has 0 amide bonds. The largest absolute Gasteiger partial charge is 0.371 e. The van der Waals surface area contributed by atoms with E-state index in [1.165, 1.54) is 12.1 Å². The molecule has 13 heavy (non-hydrogen) atoms. The van der Waals surface area contributed by atoms with E-state index < -0.39 is 0 Å². The van der Waals surface area contributed by atoms with E-state index in [2.05, 4.69) is 0 Å². The van der Waals surface area contributed by atoms with E-state index in [1.54, 1.807) is 18.0 Å². The topological polar surface area (TPSA) is 29.3 Å². The van der Waals surface area contributed by atoms with Gasteiger partial charge in [0, 0.05) is 25.2 Å². The van der Waals surface area contributed by atoms with E-state index in [-0.39, 0.29) is 5.82 Å². The van der Waals surface area contributed by atoms with E-state index in [0.717, 1.165) is 0 Å². The maximum atomic E-state index is 13.2. The molecule has 0 aliphatic rings. The Kier molecular flexibility index (Phi) is 3.51. The lowest BCUT2D eigenvalue weighted by atomic mass is 10.3. The van der Waals surface area contributed by atoms with Gasteiger partial charge in [0.1, 0.15) is 5.82 Å². The Morgan fingerprint density at radius 1 is 1.54 bits per heavy atom. The fourth-order valence-corrected chi connectivity index (χ4v) is 1.26. The zero-order valence-electron chi connectivity index (χ0n) is 7.43. The highest BCUT2D eigenvalue weighted by atomic mass is 35.5. The Hall–Kier alpha value is -0.800. The summed E-state index contributed by atoms with van der Waals surface area (Å²) < 4.78 is 13.2. The van der Waals surface area contributed by atoms with Gasteiger partial charge in [-0.25, -0.2) is 4.39 Å². The predicted octanol–water partition coefficient (Wildman–Crippen LogP) is 1.87. The molecule has 0 aliphatic heterocycles. The number of hydrogen-bond donors (Lipinski definition) is 1. The first kappa shape index (κ1) is 10.3. The Labute approximate surface area is 82.1 Å². The second kappa shape index (κ2) is 4.44. The molecule has 0 unspecified atom stereocenters. The highest BCUT2D eigenvalue weighted by Gasteiger charge is 2.06. The van der Waals surface area contributed by atoms with Gasteiger partial charge in [0.05, 0.1) is 5.69 Å². The van der Waals surface area contributed by atoms with Crippen LogP contribution >= 0.6 is 11.6 Å². The average molecular weight is 203 g/mol. The summed E-state index contributed by atoms with van der Waals surface area (Å²) in [5.41, 5.74) is 5.84. The molecular weight excluding hydrogens is 191 g/mol. The molecule has 72 valence electrons. The molecule has 0 atom stereocenters. The molecule has 0 radical (unpaired) electrons. The van der Waals surface area contributed by atoms with E-state index >= 15 is 0 Å². The van der Waals surface area contributed by atoms with Gasteiger partial charge in [0.25, 0.3) is 0 Å². The van der Waals surface area contributed by atoms with Crippen LogP contribution in [0.25, 0.3) is 0 Å². The highest BCUT2D eigenvalue weighted by molar-refractivity contribution is 6.30. The van der Waals surface area contributed by atoms with Crippen molar-refractivity contribution in [3.05, 3.63) is 29.0 Å². The number of benzene rings is 1. The molecule has 2 N–H and O–H groups in total. The zero-order valence-corrected chi connectivity index (χ0v) is 8.18. The first-order valence-electron chi connectivity index (χ1n) is 4.01. The summed E-state index contributed by atoms with van der Waals surface area (Å²) in [4.78, 5) is 1.74. The molecule has 0 heterocycles. The minimum absolute atomic E-state index is 0.277. The smallest absolute Gasteiger partial charge is 0.146 e. The van der Waals surface area contributed by atoms with Gasteiger partial charge in [-0.05, 0) is 18.2 Å². The molecule has 4 heteroatoms. The maximum absolute atomic E-state index is 13.2. The molecule has 1 rings (SSSR count). The standard InChI is InChI=1S/C9H12ClFN2/c1-13(5-4-12)9-6-7(10)2-3-8(9)11/h2-3,6H,4-5,12H2,1H3. The summed E-state index contributed by atoms with van der Waals surface area (Å²) in [5, 5.41) is 0.528. The van der Waals surface area contributed by atoms with Gasteiger partial charge in [0.2, 0.25) is 0 Å². The van der Waals surface area contributed by atoms with Gasteiger partial charge in [-0.3, -0.25) is 0 Å². The molecule has 1 aromatic carbocycles. The van der Waals surface area contributed by atoms with Crippen molar-refractivity contribution in [2.24, 2.45) is 5.73 Å². The summed E-state index contributed by atoms with van der Waals surface area (Å²) >= 11 is 5.74. The minimum Gasteiger partial charge on any atom is -0.371 e. The normalized spacial score (nSPS) is 10.2. The van der Waals surface area contributed by atoms with Crippen LogP contribution < -0.4 is 10.6 Å². The first-order chi connectivity index (χ1) is 6.15. The van der Waals surface area contributed by atoms with Crippen LogP contribution in [-0.4, -0.2) is 20.1 Å². The second-order valence-corrected chi connectivity index (χ2v) is 3.24. The molecule has 0 spiro atoms. The molecular formula is C9H12ClFN2. The molecule has 0 saturated carbocycles. The highest BCUT2D eigenvalue weighted by Crippen LogP contribution is 2.22. The molecule has 0 saturated heterocycles. The van der Waals surface area contributed by atoms with Gasteiger partial charge in [0.15, 0.2) is 0 Å². The SMILES string of the molecule is CN(CCN)c1cc(Cl)ccc1F. The van der Waals surface area contributed by atoms with Gasteiger partial charge in [-0.15, -0.1) is 0 Å². The summed E-state index contributed by atoms with van der Waals surface area (Å²) in [7, 11) is 1.78. The van der Waals surface area contributed by atoms with E-state index in [0.29, 0.717) is 23.8 Å². The molecule has 0 fully saturated rings. The molecule has 0 aliphatic carbocycles. The molecule has 2 nitrogen and oxygen atoms in total. The monoisotopic (exact) mass is 202 g/mol. The van der Waals surface area contributed by atoms with E-state index in [4.69, 9.17) is 17.3 Å². The molecule has 1 aromatic rings. The van der Waals surface area contributed by atoms with Crippen molar-refractivity contribution < 1.29 is 4.39 Å². The third-order valence-electron chi connectivity index (χ3n) is 1.78. The number of rotatable bonds is 3.